The largest absolute Gasteiger partial charge is 0.381 e. The van der Waals surface area contributed by atoms with Crippen molar-refractivity contribution >= 4 is 17.6 Å². The highest BCUT2D eigenvalue weighted by Gasteiger charge is 2.23. The van der Waals surface area contributed by atoms with Crippen molar-refractivity contribution in [2.24, 2.45) is 0 Å². The molecule has 2 N–H and O–H groups in total. The zero-order valence-corrected chi connectivity index (χ0v) is 10.4. The summed E-state index contributed by atoms with van der Waals surface area (Å²) in [7, 11) is 0. The van der Waals surface area contributed by atoms with Crippen LogP contribution in [0.2, 0.25) is 0 Å². The van der Waals surface area contributed by atoms with Crippen LogP contribution >= 0.6 is 11.8 Å². The van der Waals surface area contributed by atoms with Crippen LogP contribution in [0.4, 0.5) is 5.82 Å². The first-order valence-electron chi connectivity index (χ1n) is 5.64. The van der Waals surface area contributed by atoms with Crippen LogP contribution in [0.15, 0.2) is 29.2 Å². The SMILES string of the molecule is Cc1c(N)nnn1CC1Cc2ccccc2S1. The van der Waals surface area contributed by atoms with E-state index in [0.717, 1.165) is 18.7 Å². The average molecular weight is 246 g/mol. The van der Waals surface area contributed by atoms with Gasteiger partial charge in [-0.05, 0) is 25.0 Å². The molecule has 0 spiro atoms. The molecule has 4 nitrogen and oxygen atoms in total. The van der Waals surface area contributed by atoms with Gasteiger partial charge in [0.05, 0.1) is 12.2 Å². The van der Waals surface area contributed by atoms with E-state index in [1.165, 1.54) is 10.5 Å². The molecule has 88 valence electrons. The van der Waals surface area contributed by atoms with Crippen LogP contribution in [-0.2, 0) is 13.0 Å². The maximum absolute atomic E-state index is 5.70. The summed E-state index contributed by atoms with van der Waals surface area (Å²) >= 11 is 1.92. The summed E-state index contributed by atoms with van der Waals surface area (Å²) < 4.78 is 1.90. The molecule has 5 heteroatoms. The fraction of sp³-hybridized carbons (Fsp3) is 0.333. The smallest absolute Gasteiger partial charge is 0.168 e. The van der Waals surface area contributed by atoms with Gasteiger partial charge < -0.3 is 5.73 Å². The second-order valence-corrected chi connectivity index (χ2v) is 5.64. The number of nitrogens with zero attached hydrogens (tertiary/aromatic N) is 3. The minimum Gasteiger partial charge on any atom is -0.381 e. The minimum atomic E-state index is 0.533. The Kier molecular flexibility index (Phi) is 2.55. The van der Waals surface area contributed by atoms with Gasteiger partial charge in [-0.3, -0.25) is 0 Å². The third-order valence-corrected chi connectivity index (χ3v) is 4.41. The van der Waals surface area contributed by atoms with Crippen LogP contribution in [0, 0.1) is 6.92 Å². The second-order valence-electron chi connectivity index (χ2n) is 4.29. The molecule has 0 aliphatic carbocycles. The van der Waals surface area contributed by atoms with Crippen LogP contribution in [0.25, 0.3) is 0 Å². The van der Waals surface area contributed by atoms with Gasteiger partial charge >= 0.3 is 0 Å². The molecule has 17 heavy (non-hydrogen) atoms. The molecule has 1 aliphatic heterocycles. The minimum absolute atomic E-state index is 0.533. The van der Waals surface area contributed by atoms with Crippen molar-refractivity contribution < 1.29 is 0 Å². The maximum atomic E-state index is 5.70. The lowest BCUT2D eigenvalue weighted by Crippen LogP contribution is -2.14. The molecule has 1 aromatic heterocycles. The van der Waals surface area contributed by atoms with Crippen LogP contribution in [0.3, 0.4) is 0 Å². The Morgan fingerprint density at radius 1 is 1.47 bits per heavy atom. The summed E-state index contributed by atoms with van der Waals surface area (Å²) in [5.74, 6) is 0.533. The number of nitrogens with two attached hydrogens (primary N) is 1. The number of hydrogen-bond donors (Lipinski definition) is 1. The highest BCUT2D eigenvalue weighted by atomic mass is 32.2. The normalized spacial score (nSPS) is 18.3. The van der Waals surface area contributed by atoms with Gasteiger partial charge in [0.25, 0.3) is 0 Å². The van der Waals surface area contributed by atoms with Crippen molar-refractivity contribution in [2.75, 3.05) is 5.73 Å². The lowest BCUT2D eigenvalue weighted by molar-refractivity contribution is 0.560. The monoisotopic (exact) mass is 246 g/mol. The van der Waals surface area contributed by atoms with Gasteiger partial charge in [-0.1, -0.05) is 23.4 Å². The number of thioether (sulfide) groups is 1. The molecule has 0 bridgehead atoms. The van der Waals surface area contributed by atoms with Crippen molar-refractivity contribution in [3.05, 3.63) is 35.5 Å². The summed E-state index contributed by atoms with van der Waals surface area (Å²) in [5, 5.41) is 8.49. The van der Waals surface area contributed by atoms with Crippen molar-refractivity contribution in [3.63, 3.8) is 0 Å². The Hall–Kier alpha value is -1.49. The molecular weight excluding hydrogens is 232 g/mol. The summed E-state index contributed by atoms with van der Waals surface area (Å²) in [4.78, 5) is 1.39. The molecule has 1 aromatic carbocycles. The number of aromatic nitrogens is 3. The molecule has 0 radical (unpaired) electrons. The van der Waals surface area contributed by atoms with Gasteiger partial charge in [0.2, 0.25) is 0 Å². The molecule has 2 heterocycles. The van der Waals surface area contributed by atoms with E-state index >= 15 is 0 Å². The number of fused-ring (bicyclic) bond motifs is 1. The Bertz CT molecular complexity index is 524. The topological polar surface area (TPSA) is 56.7 Å². The molecule has 1 unspecified atom stereocenters. The summed E-state index contributed by atoms with van der Waals surface area (Å²) in [6, 6.07) is 8.57. The van der Waals surface area contributed by atoms with E-state index in [-0.39, 0.29) is 0 Å². The zero-order valence-electron chi connectivity index (χ0n) is 9.63. The average Bonchev–Trinajstić information content (AvgIpc) is 2.87. The predicted octanol–water partition coefficient (Wildman–Crippen LogP) is 1.89. The molecular formula is C12H14N4S. The van der Waals surface area contributed by atoms with Gasteiger partial charge in [0.1, 0.15) is 0 Å². The van der Waals surface area contributed by atoms with Gasteiger partial charge in [-0.2, -0.15) is 0 Å². The number of nitrogen functional groups attached to an aromatic ring is 1. The molecule has 0 saturated heterocycles. The standard InChI is InChI=1S/C12H14N4S/c1-8-12(13)14-15-16(8)7-10-6-9-4-2-3-5-11(9)17-10/h2-5,10H,6-7,13H2,1H3. The van der Waals surface area contributed by atoms with Crippen LogP contribution in [-0.4, -0.2) is 20.2 Å². The quantitative estimate of drug-likeness (QED) is 0.879. The van der Waals surface area contributed by atoms with E-state index in [0.29, 0.717) is 11.1 Å². The Balaban J connectivity index is 1.76. The van der Waals surface area contributed by atoms with Crippen molar-refractivity contribution in [2.45, 2.75) is 30.0 Å². The fourth-order valence-electron chi connectivity index (χ4n) is 2.10. The number of benzene rings is 1. The first-order valence-corrected chi connectivity index (χ1v) is 6.52. The maximum Gasteiger partial charge on any atom is 0.168 e. The van der Waals surface area contributed by atoms with Crippen LogP contribution in [0.5, 0.6) is 0 Å². The molecule has 0 fully saturated rings. The first kappa shape index (κ1) is 10.7. The number of anilines is 1. The third kappa shape index (κ3) is 1.91. The summed E-state index contributed by atoms with van der Waals surface area (Å²) in [6.45, 7) is 2.83. The molecule has 1 aliphatic rings. The van der Waals surface area contributed by atoms with E-state index in [4.69, 9.17) is 5.73 Å². The van der Waals surface area contributed by atoms with E-state index in [9.17, 15) is 0 Å². The summed E-state index contributed by atoms with van der Waals surface area (Å²) in [6.07, 6.45) is 1.10. The Labute approximate surface area is 104 Å². The lowest BCUT2D eigenvalue weighted by Gasteiger charge is -2.09. The highest BCUT2D eigenvalue weighted by Crippen LogP contribution is 2.37. The number of rotatable bonds is 2. The highest BCUT2D eigenvalue weighted by molar-refractivity contribution is 8.00. The van der Waals surface area contributed by atoms with Crippen LogP contribution < -0.4 is 5.73 Å². The molecule has 2 aromatic rings. The Morgan fingerprint density at radius 2 is 2.29 bits per heavy atom. The molecule has 0 amide bonds. The first-order chi connectivity index (χ1) is 8.24. The summed E-state index contributed by atoms with van der Waals surface area (Å²) in [5.41, 5.74) is 8.10. The van der Waals surface area contributed by atoms with Crippen molar-refractivity contribution in [3.8, 4) is 0 Å². The van der Waals surface area contributed by atoms with Crippen molar-refractivity contribution in [1.29, 1.82) is 0 Å². The van der Waals surface area contributed by atoms with Crippen LogP contribution in [0.1, 0.15) is 11.3 Å². The van der Waals surface area contributed by atoms with E-state index in [1.807, 2.05) is 23.4 Å². The molecule has 1 atom stereocenters. The van der Waals surface area contributed by atoms with E-state index < -0.39 is 0 Å². The van der Waals surface area contributed by atoms with E-state index in [2.05, 4.69) is 34.6 Å². The Morgan fingerprint density at radius 3 is 3.00 bits per heavy atom. The van der Waals surface area contributed by atoms with E-state index in [1.54, 1.807) is 0 Å². The predicted molar refractivity (Wildman–Crippen MR) is 69.0 cm³/mol. The van der Waals surface area contributed by atoms with Gasteiger partial charge in [0, 0.05) is 10.1 Å². The van der Waals surface area contributed by atoms with Gasteiger partial charge in [0.15, 0.2) is 5.82 Å². The van der Waals surface area contributed by atoms with Gasteiger partial charge in [-0.15, -0.1) is 16.9 Å². The van der Waals surface area contributed by atoms with Crippen molar-refractivity contribution in [1.82, 2.24) is 15.0 Å². The fourth-order valence-corrected chi connectivity index (χ4v) is 3.39. The number of hydrogen-bond acceptors (Lipinski definition) is 4. The molecule has 3 rings (SSSR count). The van der Waals surface area contributed by atoms with Gasteiger partial charge in [-0.25, -0.2) is 4.68 Å². The second kappa shape index (κ2) is 4.07. The zero-order chi connectivity index (χ0) is 11.8. The lowest BCUT2D eigenvalue weighted by atomic mass is 10.1. The third-order valence-electron chi connectivity index (χ3n) is 3.11. The molecule has 0 saturated carbocycles.